The van der Waals surface area contributed by atoms with Crippen LogP contribution in [0.1, 0.15) is 36.9 Å². The summed E-state index contributed by atoms with van der Waals surface area (Å²) in [6.45, 7) is 6.49. The number of aromatic nitrogens is 5. The van der Waals surface area contributed by atoms with Gasteiger partial charge >= 0.3 is 0 Å². The van der Waals surface area contributed by atoms with E-state index in [9.17, 15) is 5.11 Å². The van der Waals surface area contributed by atoms with Crippen LogP contribution in [0, 0.1) is 6.92 Å². The van der Waals surface area contributed by atoms with Crippen molar-refractivity contribution in [3.63, 3.8) is 0 Å². The largest absolute Gasteiger partial charge is 0.493 e. The van der Waals surface area contributed by atoms with E-state index in [2.05, 4.69) is 21.8 Å². The van der Waals surface area contributed by atoms with Crippen LogP contribution in [0.5, 0.6) is 5.88 Å². The Labute approximate surface area is 145 Å². The number of ether oxygens (including phenoxy) is 1. The van der Waals surface area contributed by atoms with Gasteiger partial charge in [0.05, 0.1) is 34.4 Å². The molecular formula is C18H21N5O2. The van der Waals surface area contributed by atoms with E-state index in [0.29, 0.717) is 11.3 Å². The minimum absolute atomic E-state index is 0.0638. The number of hydrogen-bond donors (Lipinski definition) is 1. The van der Waals surface area contributed by atoms with Crippen LogP contribution in [0.3, 0.4) is 0 Å². The summed E-state index contributed by atoms with van der Waals surface area (Å²) in [5.41, 5.74) is 3.74. The molecule has 3 aromatic heterocycles. The predicted octanol–water partition coefficient (Wildman–Crippen LogP) is 3.19. The van der Waals surface area contributed by atoms with Gasteiger partial charge in [-0.25, -0.2) is 9.36 Å². The van der Waals surface area contributed by atoms with Crippen molar-refractivity contribution in [2.24, 2.45) is 7.05 Å². The van der Waals surface area contributed by atoms with Crippen molar-refractivity contribution in [2.45, 2.75) is 32.4 Å². The summed E-state index contributed by atoms with van der Waals surface area (Å²) >= 11 is 0. The van der Waals surface area contributed by atoms with Gasteiger partial charge in [-0.05, 0) is 38.3 Å². The topological polar surface area (TPSA) is 78.0 Å². The monoisotopic (exact) mass is 339 g/mol. The molecule has 7 heteroatoms. The lowest BCUT2D eigenvalue weighted by atomic mass is 10.1. The van der Waals surface area contributed by atoms with Gasteiger partial charge in [-0.15, -0.1) is 0 Å². The Hall–Kier alpha value is -2.67. The Kier molecular flexibility index (Phi) is 3.80. The van der Waals surface area contributed by atoms with Crippen LogP contribution in [0.15, 0.2) is 18.8 Å². The molecule has 1 fully saturated rings. The molecule has 1 saturated heterocycles. The highest BCUT2D eigenvalue weighted by molar-refractivity contribution is 5.90. The van der Waals surface area contributed by atoms with E-state index >= 15 is 0 Å². The third kappa shape index (κ3) is 2.51. The van der Waals surface area contributed by atoms with Gasteiger partial charge in [-0.2, -0.15) is 10.2 Å². The Morgan fingerprint density at radius 2 is 2.20 bits per heavy atom. The fourth-order valence-corrected chi connectivity index (χ4v) is 3.43. The Balaban J connectivity index is 1.87. The van der Waals surface area contributed by atoms with E-state index in [-0.39, 0.29) is 12.1 Å². The molecule has 0 bridgehead atoms. The van der Waals surface area contributed by atoms with Crippen molar-refractivity contribution in [1.29, 1.82) is 0 Å². The maximum Gasteiger partial charge on any atom is 0.218 e. The second-order valence-electron chi connectivity index (χ2n) is 6.35. The number of aromatic hydroxyl groups is 1. The van der Waals surface area contributed by atoms with Gasteiger partial charge in [0.1, 0.15) is 0 Å². The lowest BCUT2D eigenvalue weighted by Crippen LogP contribution is -2.19. The molecule has 1 aliphatic rings. The predicted molar refractivity (Wildman–Crippen MR) is 95.1 cm³/mol. The lowest BCUT2D eigenvalue weighted by molar-refractivity contribution is -0.0367. The summed E-state index contributed by atoms with van der Waals surface area (Å²) in [6, 6.07) is 1.93. The van der Waals surface area contributed by atoms with E-state index in [1.54, 1.807) is 19.3 Å². The zero-order valence-electron chi connectivity index (χ0n) is 14.4. The van der Waals surface area contributed by atoms with Crippen molar-refractivity contribution in [3.05, 3.63) is 30.2 Å². The van der Waals surface area contributed by atoms with E-state index in [1.807, 2.05) is 17.7 Å². The van der Waals surface area contributed by atoms with Gasteiger partial charge in [0.25, 0.3) is 0 Å². The normalized spacial score (nSPS) is 17.9. The first-order valence-electron chi connectivity index (χ1n) is 8.45. The zero-order valence-corrected chi connectivity index (χ0v) is 14.4. The molecule has 25 heavy (non-hydrogen) atoms. The summed E-state index contributed by atoms with van der Waals surface area (Å²) in [5.74, 6) is 0.104. The molecule has 0 aromatic carbocycles. The van der Waals surface area contributed by atoms with Crippen molar-refractivity contribution in [2.75, 3.05) is 6.61 Å². The minimum atomic E-state index is -0.0638. The van der Waals surface area contributed by atoms with Gasteiger partial charge in [-0.3, -0.25) is 4.98 Å². The summed E-state index contributed by atoms with van der Waals surface area (Å²) in [5, 5.41) is 20.1. The first-order chi connectivity index (χ1) is 12.1. The lowest BCUT2D eigenvalue weighted by Gasteiger charge is -2.23. The molecule has 3 aromatic rings. The van der Waals surface area contributed by atoms with Crippen LogP contribution >= 0.6 is 0 Å². The first kappa shape index (κ1) is 15.8. The minimum Gasteiger partial charge on any atom is -0.493 e. The maximum atomic E-state index is 10.3. The molecule has 7 nitrogen and oxygen atoms in total. The molecule has 1 aliphatic heterocycles. The third-order valence-corrected chi connectivity index (χ3v) is 4.69. The van der Waals surface area contributed by atoms with Crippen molar-refractivity contribution in [3.8, 4) is 17.1 Å². The number of nitrogens with zero attached hydrogens (tertiary/aromatic N) is 5. The zero-order chi connectivity index (χ0) is 17.6. The molecule has 1 unspecified atom stereocenters. The Morgan fingerprint density at radius 3 is 2.84 bits per heavy atom. The van der Waals surface area contributed by atoms with E-state index in [4.69, 9.17) is 4.74 Å². The van der Waals surface area contributed by atoms with Crippen LogP contribution in [-0.2, 0) is 11.8 Å². The van der Waals surface area contributed by atoms with Gasteiger partial charge in [0.2, 0.25) is 5.88 Å². The highest BCUT2D eigenvalue weighted by Crippen LogP contribution is 2.34. The van der Waals surface area contributed by atoms with Crippen LogP contribution < -0.4 is 0 Å². The molecule has 1 atom stereocenters. The van der Waals surface area contributed by atoms with E-state index in [1.165, 1.54) is 4.68 Å². The summed E-state index contributed by atoms with van der Waals surface area (Å²) in [7, 11) is 1.71. The van der Waals surface area contributed by atoms with Crippen LogP contribution in [0.2, 0.25) is 0 Å². The van der Waals surface area contributed by atoms with Gasteiger partial charge < -0.3 is 9.84 Å². The quantitative estimate of drug-likeness (QED) is 0.793. The second-order valence-corrected chi connectivity index (χ2v) is 6.35. The number of pyridine rings is 1. The van der Waals surface area contributed by atoms with Crippen LogP contribution in [0.25, 0.3) is 28.2 Å². The highest BCUT2D eigenvalue weighted by atomic mass is 16.5. The van der Waals surface area contributed by atoms with Gasteiger partial charge in [-0.1, -0.05) is 6.58 Å². The summed E-state index contributed by atoms with van der Waals surface area (Å²) in [6.07, 6.45) is 6.62. The first-order valence-corrected chi connectivity index (χ1v) is 8.45. The van der Waals surface area contributed by atoms with Crippen molar-refractivity contribution >= 4 is 17.0 Å². The van der Waals surface area contributed by atoms with E-state index < -0.39 is 0 Å². The van der Waals surface area contributed by atoms with Crippen LogP contribution in [0.4, 0.5) is 0 Å². The molecule has 1 N–H and O–H groups in total. The molecule has 130 valence electrons. The average molecular weight is 339 g/mol. The number of fused-ring (bicyclic) bond motifs is 1. The smallest absolute Gasteiger partial charge is 0.218 e. The molecule has 0 saturated carbocycles. The highest BCUT2D eigenvalue weighted by Gasteiger charge is 2.22. The maximum absolute atomic E-state index is 10.3. The SMILES string of the molecule is C=Cc1nn(C2CCCCO2)c2cnc(-c3c(C)nn(C)c3O)cc12. The molecule has 4 rings (SSSR count). The molecule has 0 spiro atoms. The Bertz CT molecular complexity index is 950. The molecule has 0 radical (unpaired) electrons. The number of aryl methyl sites for hydroxylation is 2. The Morgan fingerprint density at radius 1 is 1.36 bits per heavy atom. The second kappa shape index (κ2) is 6.00. The van der Waals surface area contributed by atoms with Gasteiger partial charge in [0, 0.05) is 19.0 Å². The van der Waals surface area contributed by atoms with Crippen LogP contribution in [-0.4, -0.2) is 36.3 Å². The van der Waals surface area contributed by atoms with Gasteiger partial charge in [0.15, 0.2) is 6.23 Å². The van der Waals surface area contributed by atoms with Crippen molar-refractivity contribution < 1.29 is 9.84 Å². The molecule has 4 heterocycles. The molecular weight excluding hydrogens is 318 g/mol. The number of rotatable bonds is 3. The molecule has 0 aliphatic carbocycles. The fraction of sp³-hybridized carbons (Fsp3) is 0.389. The van der Waals surface area contributed by atoms with E-state index in [0.717, 1.165) is 48.2 Å². The fourth-order valence-electron chi connectivity index (χ4n) is 3.43. The third-order valence-electron chi connectivity index (χ3n) is 4.69. The number of hydrogen-bond acceptors (Lipinski definition) is 5. The average Bonchev–Trinajstić information content (AvgIpc) is 3.12. The molecule has 0 amide bonds. The van der Waals surface area contributed by atoms with Crippen molar-refractivity contribution in [1.82, 2.24) is 24.5 Å². The summed E-state index contributed by atoms with van der Waals surface area (Å²) in [4.78, 5) is 4.55. The summed E-state index contributed by atoms with van der Waals surface area (Å²) < 4.78 is 9.22. The standard InChI is InChI=1S/C18H21N5O2/c1-4-13-12-9-14(17-11(2)20-22(3)18(17)24)19-10-15(12)23(21-13)16-7-5-6-8-25-16/h4,9-10,16,24H,1,5-8H2,2-3H3.